The van der Waals surface area contributed by atoms with Gasteiger partial charge in [0.05, 0.1) is 5.56 Å². The van der Waals surface area contributed by atoms with Crippen LogP contribution < -0.4 is 5.73 Å². The van der Waals surface area contributed by atoms with Crippen LogP contribution in [0.2, 0.25) is 0 Å². The van der Waals surface area contributed by atoms with E-state index in [0.29, 0.717) is 11.6 Å². The number of hydrogen-bond donors (Lipinski definition) is 1. The second-order valence-electron chi connectivity index (χ2n) is 4.82. The van der Waals surface area contributed by atoms with Gasteiger partial charge in [-0.1, -0.05) is 35.0 Å². The molecular formula is C16H15N3O. The van der Waals surface area contributed by atoms with Crippen LogP contribution in [0.3, 0.4) is 0 Å². The Labute approximate surface area is 117 Å². The number of anilines is 1. The molecule has 100 valence electrons. The van der Waals surface area contributed by atoms with Crippen LogP contribution >= 0.6 is 0 Å². The van der Waals surface area contributed by atoms with E-state index in [1.54, 1.807) is 6.20 Å². The van der Waals surface area contributed by atoms with Crippen LogP contribution in [0.25, 0.3) is 22.5 Å². The summed E-state index contributed by atoms with van der Waals surface area (Å²) in [6.45, 7) is 3.99. The Hall–Kier alpha value is -2.62. The molecule has 0 spiro atoms. The second-order valence-corrected chi connectivity index (χ2v) is 4.82. The van der Waals surface area contributed by atoms with Gasteiger partial charge < -0.3 is 10.3 Å². The first kappa shape index (κ1) is 12.4. The van der Waals surface area contributed by atoms with Gasteiger partial charge in [-0.25, -0.2) is 0 Å². The summed E-state index contributed by atoms with van der Waals surface area (Å²) in [4.78, 5) is 4.19. The zero-order valence-electron chi connectivity index (χ0n) is 11.4. The summed E-state index contributed by atoms with van der Waals surface area (Å²) >= 11 is 0. The van der Waals surface area contributed by atoms with E-state index in [9.17, 15) is 0 Å². The van der Waals surface area contributed by atoms with Gasteiger partial charge in [-0.2, -0.15) is 0 Å². The molecule has 0 aliphatic rings. The largest absolute Gasteiger partial charge is 0.380 e. The average Bonchev–Trinajstić information content (AvgIpc) is 2.82. The Morgan fingerprint density at radius 3 is 2.45 bits per heavy atom. The number of benzene rings is 1. The van der Waals surface area contributed by atoms with E-state index >= 15 is 0 Å². The lowest BCUT2D eigenvalue weighted by atomic mass is 10.0. The van der Waals surface area contributed by atoms with Crippen molar-refractivity contribution in [1.29, 1.82) is 0 Å². The minimum atomic E-state index is 0.401. The van der Waals surface area contributed by atoms with Gasteiger partial charge in [0.1, 0.15) is 0 Å². The molecule has 4 nitrogen and oxygen atoms in total. The smallest absolute Gasteiger partial charge is 0.177 e. The molecule has 0 fully saturated rings. The van der Waals surface area contributed by atoms with Crippen LogP contribution in [0.1, 0.15) is 11.3 Å². The second kappa shape index (κ2) is 4.81. The van der Waals surface area contributed by atoms with Crippen LogP contribution in [-0.2, 0) is 0 Å². The van der Waals surface area contributed by atoms with Crippen molar-refractivity contribution in [3.05, 3.63) is 53.9 Å². The number of aromatic nitrogens is 2. The fraction of sp³-hybridized carbons (Fsp3) is 0.125. The van der Waals surface area contributed by atoms with Gasteiger partial charge in [-0.15, -0.1) is 0 Å². The number of rotatable bonds is 2. The molecule has 0 radical (unpaired) electrons. The van der Waals surface area contributed by atoms with Crippen LogP contribution in [0.5, 0.6) is 0 Å². The van der Waals surface area contributed by atoms with Gasteiger partial charge in [0.25, 0.3) is 0 Å². The van der Waals surface area contributed by atoms with Crippen molar-refractivity contribution in [2.24, 2.45) is 0 Å². The van der Waals surface area contributed by atoms with E-state index in [1.165, 1.54) is 5.56 Å². The summed E-state index contributed by atoms with van der Waals surface area (Å²) in [5.41, 5.74) is 10.8. The van der Waals surface area contributed by atoms with Gasteiger partial charge in [-0.05, 0) is 31.5 Å². The van der Waals surface area contributed by atoms with Crippen LogP contribution in [-0.4, -0.2) is 10.1 Å². The maximum absolute atomic E-state index is 5.97. The van der Waals surface area contributed by atoms with Gasteiger partial charge in [-0.3, -0.25) is 4.98 Å². The molecular weight excluding hydrogens is 250 g/mol. The lowest BCUT2D eigenvalue weighted by Crippen LogP contribution is -1.89. The molecule has 0 saturated heterocycles. The number of pyridine rings is 1. The van der Waals surface area contributed by atoms with E-state index in [2.05, 4.69) is 10.1 Å². The SMILES string of the molecule is Cc1ccc(-c2c(N)noc2-c2ccnc(C)c2)cc1. The molecule has 3 aromatic rings. The molecule has 0 bridgehead atoms. The summed E-state index contributed by atoms with van der Waals surface area (Å²) in [6.07, 6.45) is 1.75. The Balaban J connectivity index is 2.17. The normalized spacial score (nSPS) is 10.7. The Morgan fingerprint density at radius 1 is 1.00 bits per heavy atom. The molecule has 0 aliphatic heterocycles. The first-order valence-corrected chi connectivity index (χ1v) is 6.40. The van der Waals surface area contributed by atoms with Crippen molar-refractivity contribution < 1.29 is 4.52 Å². The third kappa shape index (κ3) is 2.16. The molecule has 0 atom stereocenters. The molecule has 2 aromatic heterocycles. The van der Waals surface area contributed by atoms with Crippen LogP contribution in [0.15, 0.2) is 47.1 Å². The van der Waals surface area contributed by atoms with Gasteiger partial charge in [0.2, 0.25) is 0 Å². The molecule has 0 unspecified atom stereocenters. The topological polar surface area (TPSA) is 64.9 Å². The van der Waals surface area contributed by atoms with Crippen molar-refractivity contribution in [2.75, 3.05) is 5.73 Å². The number of nitrogens with zero attached hydrogens (tertiary/aromatic N) is 2. The summed E-state index contributed by atoms with van der Waals surface area (Å²) in [5.74, 6) is 1.08. The molecule has 0 amide bonds. The molecule has 20 heavy (non-hydrogen) atoms. The number of nitrogen functional groups attached to an aromatic ring is 1. The lowest BCUT2D eigenvalue weighted by Gasteiger charge is -2.04. The minimum absolute atomic E-state index is 0.401. The van der Waals surface area contributed by atoms with Gasteiger partial charge in [0, 0.05) is 17.5 Å². The average molecular weight is 265 g/mol. The monoisotopic (exact) mass is 265 g/mol. The molecule has 2 heterocycles. The zero-order valence-corrected chi connectivity index (χ0v) is 11.4. The Bertz CT molecular complexity index is 745. The Kier molecular flexibility index (Phi) is 2.99. The third-order valence-corrected chi connectivity index (χ3v) is 3.22. The van der Waals surface area contributed by atoms with Crippen LogP contribution in [0.4, 0.5) is 5.82 Å². The molecule has 1 aromatic carbocycles. The number of nitrogens with two attached hydrogens (primary N) is 1. The van der Waals surface area contributed by atoms with Crippen molar-refractivity contribution in [3.8, 4) is 22.5 Å². The standard InChI is InChI=1S/C16H15N3O/c1-10-3-5-12(6-4-10)14-15(20-19-16(14)17)13-7-8-18-11(2)9-13/h3-9H,1-2H3,(H2,17,19). The number of hydrogen-bond acceptors (Lipinski definition) is 4. The maximum Gasteiger partial charge on any atom is 0.177 e. The van der Waals surface area contributed by atoms with Crippen LogP contribution in [0, 0.1) is 13.8 Å². The zero-order chi connectivity index (χ0) is 14.1. The first-order chi connectivity index (χ1) is 9.65. The van der Waals surface area contributed by atoms with Gasteiger partial charge in [0.15, 0.2) is 11.6 Å². The molecule has 0 aliphatic carbocycles. The summed E-state index contributed by atoms with van der Waals surface area (Å²) in [6, 6.07) is 12.0. The highest BCUT2D eigenvalue weighted by Gasteiger charge is 2.17. The van der Waals surface area contributed by atoms with E-state index in [4.69, 9.17) is 10.3 Å². The van der Waals surface area contributed by atoms with Crippen molar-refractivity contribution in [2.45, 2.75) is 13.8 Å². The lowest BCUT2D eigenvalue weighted by molar-refractivity contribution is 0.436. The van der Waals surface area contributed by atoms with Crippen molar-refractivity contribution in [3.63, 3.8) is 0 Å². The highest BCUT2D eigenvalue weighted by molar-refractivity contribution is 5.86. The molecule has 3 rings (SSSR count). The number of aryl methyl sites for hydroxylation is 2. The molecule has 0 saturated carbocycles. The molecule has 2 N–H and O–H groups in total. The van der Waals surface area contributed by atoms with E-state index in [1.807, 2.05) is 50.2 Å². The highest BCUT2D eigenvalue weighted by Crippen LogP contribution is 2.36. The van der Waals surface area contributed by atoms with Gasteiger partial charge >= 0.3 is 0 Å². The van der Waals surface area contributed by atoms with E-state index in [-0.39, 0.29) is 0 Å². The van der Waals surface area contributed by atoms with Crippen molar-refractivity contribution >= 4 is 5.82 Å². The first-order valence-electron chi connectivity index (χ1n) is 6.40. The minimum Gasteiger partial charge on any atom is -0.380 e. The highest BCUT2D eigenvalue weighted by atomic mass is 16.5. The van der Waals surface area contributed by atoms with E-state index in [0.717, 1.165) is 22.4 Å². The fourth-order valence-electron chi connectivity index (χ4n) is 2.19. The predicted octanol–water partition coefficient (Wildman–Crippen LogP) is 3.60. The fourth-order valence-corrected chi connectivity index (χ4v) is 2.19. The summed E-state index contributed by atoms with van der Waals surface area (Å²) in [7, 11) is 0. The predicted molar refractivity (Wildman–Crippen MR) is 79.1 cm³/mol. The summed E-state index contributed by atoms with van der Waals surface area (Å²) < 4.78 is 5.42. The quantitative estimate of drug-likeness (QED) is 0.768. The summed E-state index contributed by atoms with van der Waals surface area (Å²) in [5, 5.41) is 3.90. The molecule has 4 heteroatoms. The van der Waals surface area contributed by atoms with Crippen molar-refractivity contribution in [1.82, 2.24) is 10.1 Å². The van der Waals surface area contributed by atoms with E-state index < -0.39 is 0 Å². The Morgan fingerprint density at radius 2 is 1.75 bits per heavy atom. The third-order valence-electron chi connectivity index (χ3n) is 3.22. The maximum atomic E-state index is 5.97.